The third-order valence-corrected chi connectivity index (χ3v) is 3.74. The number of nitrogens with zero attached hydrogens (tertiary/aromatic N) is 2. The molecule has 0 bridgehead atoms. The van der Waals surface area contributed by atoms with E-state index in [9.17, 15) is 4.79 Å². The summed E-state index contributed by atoms with van der Waals surface area (Å²) < 4.78 is 0. The number of rotatable bonds is 2. The molecular formula is C11H21N3O. The first-order valence-corrected chi connectivity index (χ1v) is 5.87. The van der Waals surface area contributed by atoms with Gasteiger partial charge < -0.3 is 10.6 Å². The summed E-state index contributed by atoms with van der Waals surface area (Å²) in [7, 11) is 1.89. The fourth-order valence-electron chi connectivity index (χ4n) is 2.36. The molecule has 0 radical (unpaired) electrons. The van der Waals surface area contributed by atoms with Gasteiger partial charge in [-0.1, -0.05) is 0 Å². The van der Waals surface area contributed by atoms with E-state index in [4.69, 9.17) is 5.73 Å². The predicted molar refractivity (Wildman–Crippen MR) is 59.4 cm³/mol. The smallest absolute Gasteiger partial charge is 0.241 e. The van der Waals surface area contributed by atoms with Gasteiger partial charge in [-0.25, -0.2) is 0 Å². The highest BCUT2D eigenvalue weighted by Gasteiger charge is 2.40. The molecule has 1 aliphatic carbocycles. The molecule has 2 N–H and O–H groups in total. The zero-order valence-electron chi connectivity index (χ0n) is 9.65. The molecule has 2 fully saturated rings. The lowest BCUT2D eigenvalue weighted by atomic mass is 10.2. The van der Waals surface area contributed by atoms with E-state index in [0.717, 1.165) is 13.0 Å². The van der Waals surface area contributed by atoms with Crippen LogP contribution in [0.5, 0.6) is 0 Å². The molecule has 1 saturated heterocycles. The van der Waals surface area contributed by atoms with Crippen LogP contribution in [0.2, 0.25) is 0 Å². The van der Waals surface area contributed by atoms with Crippen LogP contribution in [0.4, 0.5) is 0 Å². The second-order valence-corrected chi connectivity index (χ2v) is 4.81. The Labute approximate surface area is 91.4 Å². The van der Waals surface area contributed by atoms with E-state index in [1.807, 2.05) is 11.9 Å². The Balaban J connectivity index is 2.15. The Morgan fingerprint density at radius 2 is 2.07 bits per heavy atom. The second-order valence-electron chi connectivity index (χ2n) is 4.81. The molecular weight excluding hydrogens is 190 g/mol. The molecule has 1 aliphatic heterocycles. The third-order valence-electron chi connectivity index (χ3n) is 3.74. The van der Waals surface area contributed by atoms with E-state index in [-0.39, 0.29) is 11.9 Å². The van der Waals surface area contributed by atoms with Gasteiger partial charge in [0.15, 0.2) is 0 Å². The van der Waals surface area contributed by atoms with Crippen molar-refractivity contribution in [2.24, 2.45) is 5.73 Å². The van der Waals surface area contributed by atoms with Crippen LogP contribution < -0.4 is 5.73 Å². The van der Waals surface area contributed by atoms with Gasteiger partial charge >= 0.3 is 0 Å². The molecule has 0 aromatic carbocycles. The predicted octanol–water partition coefficient (Wildman–Crippen LogP) is 0.0287. The van der Waals surface area contributed by atoms with Crippen molar-refractivity contribution in [1.82, 2.24) is 9.80 Å². The van der Waals surface area contributed by atoms with E-state index in [2.05, 4.69) is 11.8 Å². The fraction of sp³-hybridized carbons (Fsp3) is 0.909. The summed E-state index contributed by atoms with van der Waals surface area (Å²) in [6, 6.07) is 0.893. The second kappa shape index (κ2) is 4.10. The van der Waals surface area contributed by atoms with Crippen molar-refractivity contribution in [3.05, 3.63) is 0 Å². The molecule has 1 heterocycles. The van der Waals surface area contributed by atoms with E-state index in [1.165, 1.54) is 12.8 Å². The Kier molecular flexibility index (Phi) is 2.98. The normalized spacial score (nSPS) is 34.3. The standard InChI is InChI=1S/C11H21N3O/c1-8-5-6-14(9-3-4-9)10(7-12)11(15)13(8)2/h8-10H,3-7,12H2,1-2H3. The van der Waals surface area contributed by atoms with Crippen molar-refractivity contribution in [2.75, 3.05) is 20.1 Å². The maximum Gasteiger partial charge on any atom is 0.241 e. The molecule has 2 atom stereocenters. The van der Waals surface area contributed by atoms with Crippen LogP contribution in [0.25, 0.3) is 0 Å². The van der Waals surface area contributed by atoms with Crippen LogP contribution in [-0.4, -0.2) is 54.0 Å². The summed E-state index contributed by atoms with van der Waals surface area (Å²) in [6.07, 6.45) is 3.54. The summed E-state index contributed by atoms with van der Waals surface area (Å²) in [5.74, 6) is 0.203. The molecule has 2 unspecified atom stereocenters. The molecule has 4 nitrogen and oxygen atoms in total. The highest BCUT2D eigenvalue weighted by atomic mass is 16.2. The van der Waals surface area contributed by atoms with Gasteiger partial charge in [0, 0.05) is 32.2 Å². The fourth-order valence-corrected chi connectivity index (χ4v) is 2.36. The maximum atomic E-state index is 12.1. The molecule has 0 aromatic rings. The van der Waals surface area contributed by atoms with Gasteiger partial charge in [-0.05, 0) is 26.2 Å². The van der Waals surface area contributed by atoms with Crippen LogP contribution in [0, 0.1) is 0 Å². The van der Waals surface area contributed by atoms with Crippen LogP contribution in [0.15, 0.2) is 0 Å². The van der Waals surface area contributed by atoms with Crippen molar-refractivity contribution in [3.63, 3.8) is 0 Å². The van der Waals surface area contributed by atoms with Gasteiger partial charge in [0.05, 0.1) is 0 Å². The van der Waals surface area contributed by atoms with Crippen molar-refractivity contribution in [1.29, 1.82) is 0 Å². The molecule has 1 amide bonds. The highest BCUT2D eigenvalue weighted by molar-refractivity contribution is 5.82. The molecule has 1 saturated carbocycles. The van der Waals surface area contributed by atoms with E-state index in [0.29, 0.717) is 18.6 Å². The first-order valence-electron chi connectivity index (χ1n) is 5.87. The van der Waals surface area contributed by atoms with E-state index in [1.54, 1.807) is 0 Å². The molecule has 15 heavy (non-hydrogen) atoms. The minimum atomic E-state index is -0.0764. The van der Waals surface area contributed by atoms with Gasteiger partial charge in [0.1, 0.15) is 6.04 Å². The number of amides is 1. The molecule has 0 aromatic heterocycles. The monoisotopic (exact) mass is 211 g/mol. The SMILES string of the molecule is CC1CCN(C2CC2)C(CN)C(=O)N1C. The van der Waals surface area contributed by atoms with E-state index < -0.39 is 0 Å². The number of likely N-dealkylation sites (N-methyl/N-ethyl adjacent to an activating group) is 1. The summed E-state index contributed by atoms with van der Waals surface area (Å²) >= 11 is 0. The average molecular weight is 211 g/mol. The first-order chi connectivity index (χ1) is 7.15. The first kappa shape index (κ1) is 10.9. The Hall–Kier alpha value is -0.610. The topological polar surface area (TPSA) is 49.6 Å². The van der Waals surface area contributed by atoms with Crippen molar-refractivity contribution < 1.29 is 4.79 Å². The van der Waals surface area contributed by atoms with Crippen LogP contribution in [0.3, 0.4) is 0 Å². The summed E-state index contributed by atoms with van der Waals surface area (Å²) in [4.78, 5) is 16.3. The number of carbonyl (C=O) groups excluding carboxylic acids is 1. The zero-order valence-corrected chi connectivity index (χ0v) is 9.65. The third kappa shape index (κ3) is 2.01. The molecule has 2 aliphatic rings. The minimum Gasteiger partial charge on any atom is -0.342 e. The molecule has 4 heteroatoms. The lowest BCUT2D eigenvalue weighted by Crippen LogP contribution is -2.50. The quantitative estimate of drug-likeness (QED) is 0.701. The van der Waals surface area contributed by atoms with Crippen molar-refractivity contribution >= 4 is 5.91 Å². The molecule has 86 valence electrons. The Bertz CT molecular complexity index is 252. The number of hydrogen-bond acceptors (Lipinski definition) is 3. The summed E-state index contributed by atoms with van der Waals surface area (Å²) in [5.41, 5.74) is 5.74. The minimum absolute atomic E-state index is 0.0764. The summed E-state index contributed by atoms with van der Waals surface area (Å²) in [5, 5.41) is 0. The van der Waals surface area contributed by atoms with Crippen LogP contribution in [-0.2, 0) is 4.79 Å². The van der Waals surface area contributed by atoms with Crippen LogP contribution in [0.1, 0.15) is 26.2 Å². The number of carbonyl (C=O) groups is 1. The lowest BCUT2D eigenvalue weighted by molar-refractivity contribution is -0.135. The number of hydrogen-bond donors (Lipinski definition) is 1. The van der Waals surface area contributed by atoms with Crippen LogP contribution >= 0.6 is 0 Å². The zero-order chi connectivity index (χ0) is 11.0. The van der Waals surface area contributed by atoms with Crippen molar-refractivity contribution in [3.8, 4) is 0 Å². The van der Waals surface area contributed by atoms with Gasteiger partial charge in [0.25, 0.3) is 0 Å². The maximum absolute atomic E-state index is 12.1. The highest BCUT2D eigenvalue weighted by Crippen LogP contribution is 2.30. The van der Waals surface area contributed by atoms with Gasteiger partial charge in [-0.3, -0.25) is 9.69 Å². The van der Waals surface area contributed by atoms with Gasteiger partial charge in [0.2, 0.25) is 5.91 Å². The van der Waals surface area contributed by atoms with Crippen molar-refractivity contribution in [2.45, 2.75) is 44.3 Å². The Morgan fingerprint density at radius 1 is 1.40 bits per heavy atom. The lowest BCUT2D eigenvalue weighted by Gasteiger charge is -2.29. The molecule has 0 spiro atoms. The molecule has 2 rings (SSSR count). The average Bonchev–Trinajstić information content (AvgIpc) is 3.04. The van der Waals surface area contributed by atoms with Gasteiger partial charge in [-0.2, -0.15) is 0 Å². The van der Waals surface area contributed by atoms with Gasteiger partial charge in [-0.15, -0.1) is 0 Å². The van der Waals surface area contributed by atoms with E-state index >= 15 is 0 Å². The number of nitrogens with two attached hydrogens (primary N) is 1. The Morgan fingerprint density at radius 3 is 2.60 bits per heavy atom. The summed E-state index contributed by atoms with van der Waals surface area (Å²) in [6.45, 7) is 3.58. The largest absolute Gasteiger partial charge is 0.342 e.